The molecule has 4 rings (SSSR count). The van der Waals surface area contributed by atoms with E-state index in [1.165, 1.54) is 12.7 Å². The number of carbonyl (C=O) groups is 1. The molecule has 1 aliphatic heterocycles. The van der Waals surface area contributed by atoms with Gasteiger partial charge < -0.3 is 14.5 Å². The van der Waals surface area contributed by atoms with Crippen molar-refractivity contribution in [1.29, 1.82) is 0 Å². The highest BCUT2D eigenvalue weighted by Gasteiger charge is 2.50. The van der Waals surface area contributed by atoms with Crippen molar-refractivity contribution < 1.29 is 22.4 Å². The van der Waals surface area contributed by atoms with E-state index in [9.17, 15) is 13.2 Å². The highest BCUT2D eigenvalue weighted by atomic mass is 32.2. The smallest absolute Gasteiger partial charge is 0.256 e. The van der Waals surface area contributed by atoms with Crippen LogP contribution in [-0.4, -0.2) is 59.7 Å². The van der Waals surface area contributed by atoms with Gasteiger partial charge in [0, 0.05) is 16.9 Å². The average molecular weight is 574 g/mol. The van der Waals surface area contributed by atoms with Gasteiger partial charge >= 0.3 is 0 Å². The molecule has 3 N–H and O–H groups in total. The van der Waals surface area contributed by atoms with Gasteiger partial charge in [-0.05, 0) is 35.8 Å². The Morgan fingerprint density at radius 1 is 1.28 bits per heavy atom. The number of nitrogens with two attached hydrogens (primary N) is 1. The fraction of sp³-hybridized carbons (Fsp3) is 0.478. The van der Waals surface area contributed by atoms with E-state index in [-0.39, 0.29) is 23.2 Å². The third-order valence-corrected chi connectivity index (χ3v) is 12.6. The summed E-state index contributed by atoms with van der Waals surface area (Å²) in [4.78, 5) is 28.3. The number of aromatic nitrogens is 4. The Bertz CT molecular complexity index is 1520. The molecule has 14 nitrogen and oxygen atoms in total. The van der Waals surface area contributed by atoms with Gasteiger partial charge in [0.1, 0.15) is 18.7 Å². The average Bonchev–Trinajstić information content (AvgIpc) is 3.46. The van der Waals surface area contributed by atoms with Crippen LogP contribution >= 0.6 is 0 Å². The second-order valence-electron chi connectivity index (χ2n) is 10.8. The predicted octanol–water partition coefficient (Wildman–Crippen LogP) is 3.68. The highest BCUT2D eigenvalue weighted by Crippen LogP contribution is 2.43. The summed E-state index contributed by atoms with van der Waals surface area (Å²) < 4.78 is 39.1. The molecule has 39 heavy (non-hydrogen) atoms. The Morgan fingerprint density at radius 2 is 1.97 bits per heavy atom. The number of benzene rings is 1. The number of sulfonamides is 1. The van der Waals surface area contributed by atoms with Crippen LogP contribution in [0.2, 0.25) is 18.1 Å². The number of ether oxygens (including phenoxy) is 1. The standard InChI is InChI=1S/C23H31N9O5SSi/c1-23(2,3)39(4,5)37-15-11-16(36-18(15)22(30-31-24)38(25,34)35)32-13-28-17-19(26-12-27-20(17)32)29-21(33)14-9-7-6-8-10-14/h6-10,12-13,15-16,18,22H,11H2,1-5H3,(H2,25,34,35)(H,26,27,29,33)/t15-,16+,18-,22?/m0/s1. The summed E-state index contributed by atoms with van der Waals surface area (Å²) in [6.45, 7) is 10.2. The summed E-state index contributed by atoms with van der Waals surface area (Å²) in [7, 11) is -6.74. The molecule has 2 aromatic heterocycles. The lowest BCUT2D eigenvalue weighted by atomic mass is 10.2. The summed E-state index contributed by atoms with van der Waals surface area (Å²) in [6, 6.07) is 8.65. The number of carbonyl (C=O) groups excluding carboxylic acids is 1. The van der Waals surface area contributed by atoms with E-state index >= 15 is 0 Å². The summed E-state index contributed by atoms with van der Waals surface area (Å²) in [5.74, 6) is -0.164. The lowest BCUT2D eigenvalue weighted by Crippen LogP contribution is -2.50. The van der Waals surface area contributed by atoms with Gasteiger partial charge in [0.15, 0.2) is 30.7 Å². The number of amides is 1. The molecule has 1 amide bonds. The van der Waals surface area contributed by atoms with E-state index in [1.807, 2.05) is 13.1 Å². The number of azide groups is 1. The second kappa shape index (κ2) is 10.6. The summed E-state index contributed by atoms with van der Waals surface area (Å²) in [5, 5.41) is 9.74. The molecule has 0 bridgehead atoms. The first-order valence-corrected chi connectivity index (χ1v) is 16.7. The number of anilines is 1. The first kappa shape index (κ1) is 28.6. The fourth-order valence-electron chi connectivity index (χ4n) is 4.05. The molecule has 1 fully saturated rings. The Hall–Kier alpha value is -3.40. The van der Waals surface area contributed by atoms with Crippen LogP contribution < -0.4 is 10.5 Å². The fourth-order valence-corrected chi connectivity index (χ4v) is 6.18. The first-order valence-electron chi connectivity index (χ1n) is 12.2. The molecule has 1 unspecified atom stereocenters. The van der Waals surface area contributed by atoms with Gasteiger partial charge in [-0.1, -0.05) is 44.1 Å². The number of fused-ring (bicyclic) bond motifs is 1. The lowest BCUT2D eigenvalue weighted by Gasteiger charge is -2.39. The normalized spacial score (nSPS) is 20.9. The van der Waals surface area contributed by atoms with Gasteiger partial charge in [-0.15, -0.1) is 0 Å². The molecule has 0 radical (unpaired) electrons. The Labute approximate surface area is 226 Å². The van der Waals surface area contributed by atoms with Crippen LogP contribution in [0.4, 0.5) is 5.82 Å². The molecule has 1 saturated heterocycles. The molecule has 208 valence electrons. The maximum atomic E-state index is 12.7. The van der Waals surface area contributed by atoms with Crippen molar-refractivity contribution >= 4 is 41.2 Å². The number of hydrogen-bond acceptors (Lipinski definition) is 9. The van der Waals surface area contributed by atoms with Gasteiger partial charge in [-0.2, -0.15) is 0 Å². The second-order valence-corrected chi connectivity index (χ2v) is 17.2. The van der Waals surface area contributed by atoms with Crippen molar-refractivity contribution in [3.8, 4) is 0 Å². The molecule has 0 spiro atoms. The zero-order chi connectivity index (χ0) is 28.6. The van der Waals surface area contributed by atoms with Crippen molar-refractivity contribution in [2.75, 3.05) is 5.32 Å². The largest absolute Gasteiger partial charge is 0.411 e. The summed E-state index contributed by atoms with van der Waals surface area (Å²) >= 11 is 0. The summed E-state index contributed by atoms with van der Waals surface area (Å²) in [6.07, 6.45) is 0.261. The number of imidazole rings is 1. The van der Waals surface area contributed by atoms with Crippen LogP contribution in [0.5, 0.6) is 0 Å². The van der Waals surface area contributed by atoms with E-state index in [0.717, 1.165) is 0 Å². The van der Waals surface area contributed by atoms with E-state index in [4.69, 9.17) is 19.8 Å². The molecule has 1 aliphatic rings. The Kier molecular flexibility index (Phi) is 7.80. The molecule has 0 aliphatic carbocycles. The van der Waals surface area contributed by atoms with Gasteiger partial charge in [-0.25, -0.2) is 28.5 Å². The van der Waals surface area contributed by atoms with Crippen molar-refractivity contribution in [3.63, 3.8) is 0 Å². The number of rotatable bonds is 8. The number of hydrogen-bond donors (Lipinski definition) is 2. The van der Waals surface area contributed by atoms with Crippen molar-refractivity contribution in [2.45, 2.75) is 69.1 Å². The number of nitrogens with zero attached hydrogens (tertiary/aromatic N) is 7. The quantitative estimate of drug-likeness (QED) is 0.176. The predicted molar refractivity (Wildman–Crippen MR) is 146 cm³/mol. The van der Waals surface area contributed by atoms with Crippen LogP contribution in [-0.2, 0) is 19.2 Å². The van der Waals surface area contributed by atoms with Crippen LogP contribution in [0.25, 0.3) is 21.6 Å². The highest BCUT2D eigenvalue weighted by molar-refractivity contribution is 7.89. The summed E-state index contributed by atoms with van der Waals surface area (Å²) in [5.41, 5.74) is 10.2. The van der Waals surface area contributed by atoms with Crippen LogP contribution in [0.3, 0.4) is 0 Å². The van der Waals surface area contributed by atoms with E-state index < -0.39 is 42.2 Å². The Balaban J connectivity index is 1.69. The molecule has 0 saturated carbocycles. The zero-order valence-corrected chi connectivity index (χ0v) is 24.0. The van der Waals surface area contributed by atoms with E-state index in [1.54, 1.807) is 34.9 Å². The number of primary sulfonamides is 1. The maximum absolute atomic E-state index is 12.7. The molecular weight excluding hydrogens is 542 g/mol. The Morgan fingerprint density at radius 3 is 2.59 bits per heavy atom. The monoisotopic (exact) mass is 573 g/mol. The van der Waals surface area contributed by atoms with Crippen LogP contribution in [0.15, 0.2) is 48.1 Å². The topological polar surface area (TPSA) is 200 Å². The van der Waals surface area contributed by atoms with Crippen LogP contribution in [0.1, 0.15) is 43.8 Å². The molecular formula is C23H31N9O5SSi. The van der Waals surface area contributed by atoms with Gasteiger partial charge in [0.25, 0.3) is 5.91 Å². The van der Waals surface area contributed by atoms with Crippen molar-refractivity contribution in [1.82, 2.24) is 19.5 Å². The van der Waals surface area contributed by atoms with Crippen LogP contribution in [0, 0.1) is 0 Å². The lowest BCUT2D eigenvalue weighted by molar-refractivity contribution is -0.0157. The minimum Gasteiger partial charge on any atom is -0.411 e. The van der Waals surface area contributed by atoms with Crippen molar-refractivity contribution in [2.24, 2.45) is 10.3 Å². The maximum Gasteiger partial charge on any atom is 0.256 e. The first-order chi connectivity index (χ1) is 18.2. The SMILES string of the molecule is CC(C)(C)[Si](C)(C)O[C@H]1C[C@H](n2cnc3c(NC(=O)c4ccccc4)ncnc32)O[C@@H]1C(N=[N+]=[N-])S(N)(=O)=O. The molecule has 16 heteroatoms. The van der Waals surface area contributed by atoms with Gasteiger partial charge in [-0.3, -0.25) is 9.36 Å². The molecule has 3 aromatic rings. The zero-order valence-electron chi connectivity index (χ0n) is 22.2. The number of nitrogens with one attached hydrogen (secondary N) is 1. The minimum absolute atomic E-state index is 0.188. The minimum atomic E-state index is -4.32. The molecule has 4 atom stereocenters. The van der Waals surface area contributed by atoms with Gasteiger partial charge in [0.2, 0.25) is 10.0 Å². The molecule has 3 heterocycles. The third-order valence-electron chi connectivity index (χ3n) is 7.09. The van der Waals surface area contributed by atoms with Crippen molar-refractivity contribution in [3.05, 3.63) is 59.0 Å². The third kappa shape index (κ3) is 5.95. The van der Waals surface area contributed by atoms with E-state index in [0.29, 0.717) is 16.7 Å². The molecule has 1 aromatic carbocycles. The van der Waals surface area contributed by atoms with E-state index in [2.05, 4.69) is 51.1 Å². The van der Waals surface area contributed by atoms with Gasteiger partial charge in [0.05, 0.1) is 12.4 Å².